The highest BCUT2D eigenvalue weighted by atomic mass is 32.2. The van der Waals surface area contributed by atoms with Crippen LogP contribution in [0.4, 0.5) is 10.5 Å². The Balaban J connectivity index is 1.50. The predicted octanol–water partition coefficient (Wildman–Crippen LogP) is 3.33. The van der Waals surface area contributed by atoms with Gasteiger partial charge in [-0.1, -0.05) is 31.2 Å². The molecule has 0 spiro atoms. The molecule has 0 aliphatic carbocycles. The fourth-order valence-electron chi connectivity index (χ4n) is 4.10. The van der Waals surface area contributed by atoms with E-state index in [1.807, 2.05) is 24.3 Å². The third-order valence-corrected chi connectivity index (χ3v) is 7.88. The molecule has 4 rings (SSSR count). The number of hydrogen-bond acceptors (Lipinski definition) is 4. The molecule has 0 bridgehead atoms. The number of likely N-dealkylation sites (N-methyl/N-ethyl adjacent to an activating group) is 1. The number of carbonyl (C=O) groups excluding carboxylic acids is 1. The zero-order valence-electron chi connectivity index (χ0n) is 17.2. The molecule has 2 heterocycles. The number of carbonyl (C=O) groups is 1. The molecule has 0 saturated carbocycles. The molecule has 8 heteroatoms. The molecule has 2 aromatic carbocycles. The minimum Gasteiger partial charge on any atom is -0.487 e. The average Bonchev–Trinajstić information content (AvgIpc) is 3.00. The van der Waals surface area contributed by atoms with Crippen LogP contribution in [-0.4, -0.2) is 55.9 Å². The zero-order valence-corrected chi connectivity index (χ0v) is 18.1. The number of rotatable bonds is 2. The topological polar surface area (TPSA) is 79.0 Å². The van der Waals surface area contributed by atoms with Crippen LogP contribution in [-0.2, 0) is 16.4 Å². The first-order chi connectivity index (χ1) is 14.4. The molecule has 160 valence electrons. The van der Waals surface area contributed by atoms with Gasteiger partial charge in [0.1, 0.15) is 16.7 Å². The largest absolute Gasteiger partial charge is 0.487 e. The maximum atomic E-state index is 13.1. The lowest BCUT2D eigenvalue weighted by Crippen LogP contribution is -2.44. The van der Waals surface area contributed by atoms with Crippen LogP contribution in [0.15, 0.2) is 53.4 Å². The Morgan fingerprint density at radius 2 is 1.80 bits per heavy atom. The van der Waals surface area contributed by atoms with Gasteiger partial charge in [-0.15, -0.1) is 0 Å². The summed E-state index contributed by atoms with van der Waals surface area (Å²) < 4.78 is 33.7. The molecule has 0 unspecified atom stereocenters. The summed E-state index contributed by atoms with van der Waals surface area (Å²) in [4.78, 5) is 14.7. The van der Waals surface area contributed by atoms with E-state index in [9.17, 15) is 13.2 Å². The zero-order chi connectivity index (χ0) is 21.3. The highest BCUT2D eigenvalue weighted by molar-refractivity contribution is 7.89. The monoisotopic (exact) mass is 429 g/mol. The molecular formula is C22H27N3O4S. The minimum atomic E-state index is -3.65. The van der Waals surface area contributed by atoms with Gasteiger partial charge in [-0.05, 0) is 42.7 Å². The maximum Gasteiger partial charge on any atom is 0.321 e. The highest BCUT2D eigenvalue weighted by Gasteiger charge is 2.41. The number of nitrogens with zero attached hydrogens (tertiary/aromatic N) is 2. The fraction of sp³-hybridized carbons (Fsp3) is 0.409. The predicted molar refractivity (Wildman–Crippen MR) is 115 cm³/mol. The Hall–Kier alpha value is -2.58. The molecule has 7 nitrogen and oxygen atoms in total. The Morgan fingerprint density at radius 3 is 2.53 bits per heavy atom. The SMILES string of the molecule is CCc1ccc(NC(=O)N2CC[C@@H]3Oc4ccccc4S(=O)(=O)N(C)[C@@H]3CC2)cc1. The van der Waals surface area contributed by atoms with E-state index in [1.54, 1.807) is 36.2 Å². The van der Waals surface area contributed by atoms with Gasteiger partial charge in [0.15, 0.2) is 0 Å². The molecule has 2 amide bonds. The molecule has 1 fully saturated rings. The van der Waals surface area contributed by atoms with Crippen molar-refractivity contribution in [2.75, 3.05) is 25.5 Å². The van der Waals surface area contributed by atoms with E-state index in [4.69, 9.17) is 4.74 Å². The Morgan fingerprint density at radius 1 is 1.10 bits per heavy atom. The molecule has 0 aromatic heterocycles. The van der Waals surface area contributed by atoms with Crippen LogP contribution in [0.1, 0.15) is 25.3 Å². The molecule has 2 atom stereocenters. The van der Waals surface area contributed by atoms with Crippen LogP contribution in [0.3, 0.4) is 0 Å². The number of fused-ring (bicyclic) bond motifs is 2. The van der Waals surface area contributed by atoms with Crippen LogP contribution < -0.4 is 10.1 Å². The van der Waals surface area contributed by atoms with Crippen molar-refractivity contribution in [3.63, 3.8) is 0 Å². The summed E-state index contributed by atoms with van der Waals surface area (Å²) in [6, 6.07) is 14.0. The number of sulfonamides is 1. The van der Waals surface area contributed by atoms with Gasteiger partial charge in [0.2, 0.25) is 10.0 Å². The van der Waals surface area contributed by atoms with Crippen molar-refractivity contribution < 1.29 is 17.9 Å². The molecule has 2 aliphatic heterocycles. The van der Waals surface area contributed by atoms with Crippen LogP contribution in [0.25, 0.3) is 0 Å². The van der Waals surface area contributed by atoms with Gasteiger partial charge in [-0.3, -0.25) is 0 Å². The molecule has 30 heavy (non-hydrogen) atoms. The number of urea groups is 1. The second-order valence-electron chi connectivity index (χ2n) is 7.74. The number of nitrogens with one attached hydrogen (secondary N) is 1. The number of amides is 2. The summed E-state index contributed by atoms with van der Waals surface area (Å²) in [5.41, 5.74) is 1.96. The Labute approximate surface area is 177 Å². The molecular weight excluding hydrogens is 402 g/mol. The standard InChI is InChI=1S/C22H27N3O4S/c1-3-16-8-10-17(11-9-16)23-22(26)25-14-12-18-19(13-15-25)29-20-6-4-5-7-21(20)30(27,28)24(18)2/h4-11,18-19H,3,12-15H2,1-2H3,(H,23,26)/t18-,19+/m1/s1. The second-order valence-corrected chi connectivity index (χ2v) is 9.70. The van der Waals surface area contributed by atoms with Crippen LogP contribution in [0.5, 0.6) is 5.75 Å². The summed E-state index contributed by atoms with van der Waals surface area (Å²) in [5.74, 6) is 0.380. The quantitative estimate of drug-likeness (QED) is 0.794. The molecule has 1 N–H and O–H groups in total. The second kappa shape index (κ2) is 8.28. The van der Waals surface area contributed by atoms with Crippen molar-refractivity contribution in [1.82, 2.24) is 9.21 Å². The lowest BCUT2D eigenvalue weighted by atomic mass is 10.1. The van der Waals surface area contributed by atoms with Crippen molar-refractivity contribution in [3.05, 3.63) is 54.1 Å². The number of hydrogen-bond donors (Lipinski definition) is 1. The van der Waals surface area contributed by atoms with E-state index < -0.39 is 10.0 Å². The van der Waals surface area contributed by atoms with Gasteiger partial charge in [0, 0.05) is 32.2 Å². The average molecular weight is 430 g/mol. The number of likely N-dealkylation sites (tertiary alicyclic amines) is 1. The smallest absolute Gasteiger partial charge is 0.321 e. The third kappa shape index (κ3) is 3.89. The van der Waals surface area contributed by atoms with Gasteiger partial charge < -0.3 is 15.0 Å². The summed E-state index contributed by atoms with van der Waals surface area (Å²) in [6.45, 7) is 3.04. The van der Waals surface area contributed by atoms with E-state index in [0.29, 0.717) is 31.7 Å². The first-order valence-corrected chi connectivity index (χ1v) is 11.7. The van der Waals surface area contributed by atoms with E-state index in [-0.39, 0.29) is 23.1 Å². The summed E-state index contributed by atoms with van der Waals surface area (Å²) >= 11 is 0. The number of aryl methyl sites for hydroxylation is 1. The van der Waals surface area contributed by atoms with E-state index in [0.717, 1.165) is 12.1 Å². The van der Waals surface area contributed by atoms with Crippen molar-refractivity contribution in [1.29, 1.82) is 0 Å². The van der Waals surface area contributed by atoms with Crippen LogP contribution >= 0.6 is 0 Å². The van der Waals surface area contributed by atoms with Gasteiger partial charge in [0.25, 0.3) is 0 Å². The lowest BCUT2D eigenvalue weighted by Gasteiger charge is -2.28. The summed E-state index contributed by atoms with van der Waals surface area (Å²) in [7, 11) is -2.05. The third-order valence-electron chi connectivity index (χ3n) is 5.96. The molecule has 2 aliphatic rings. The molecule has 1 saturated heterocycles. The number of anilines is 1. The van der Waals surface area contributed by atoms with Gasteiger partial charge in [-0.2, -0.15) is 4.31 Å². The first kappa shape index (κ1) is 20.7. The maximum absolute atomic E-state index is 13.1. The number of benzene rings is 2. The summed E-state index contributed by atoms with van der Waals surface area (Å²) in [6.07, 6.45) is 1.70. The molecule has 2 aromatic rings. The van der Waals surface area contributed by atoms with E-state index in [2.05, 4.69) is 12.2 Å². The Bertz CT molecular complexity index is 1020. The van der Waals surface area contributed by atoms with Crippen molar-refractivity contribution >= 4 is 21.7 Å². The van der Waals surface area contributed by atoms with Gasteiger partial charge in [0.05, 0.1) is 6.04 Å². The van der Waals surface area contributed by atoms with Gasteiger partial charge >= 0.3 is 6.03 Å². The fourth-order valence-corrected chi connectivity index (χ4v) is 5.63. The number of ether oxygens (including phenoxy) is 1. The summed E-state index contributed by atoms with van der Waals surface area (Å²) in [5, 5.41) is 2.94. The van der Waals surface area contributed by atoms with Crippen LogP contribution in [0, 0.1) is 0 Å². The van der Waals surface area contributed by atoms with Crippen molar-refractivity contribution in [2.24, 2.45) is 0 Å². The van der Waals surface area contributed by atoms with E-state index >= 15 is 0 Å². The van der Waals surface area contributed by atoms with Crippen molar-refractivity contribution in [2.45, 2.75) is 43.2 Å². The normalized spacial score (nSPS) is 23.3. The molecule has 0 radical (unpaired) electrons. The van der Waals surface area contributed by atoms with Crippen molar-refractivity contribution in [3.8, 4) is 5.75 Å². The van der Waals surface area contributed by atoms with Gasteiger partial charge in [-0.25, -0.2) is 13.2 Å². The first-order valence-electron chi connectivity index (χ1n) is 10.3. The van der Waals surface area contributed by atoms with E-state index in [1.165, 1.54) is 9.87 Å². The Kier molecular flexibility index (Phi) is 5.71. The van der Waals surface area contributed by atoms with Crippen LogP contribution in [0.2, 0.25) is 0 Å². The number of para-hydroxylation sites is 1. The highest BCUT2D eigenvalue weighted by Crippen LogP contribution is 2.35. The minimum absolute atomic E-state index is 0.179. The lowest BCUT2D eigenvalue weighted by molar-refractivity contribution is 0.122.